The van der Waals surface area contributed by atoms with Crippen LogP contribution in [0.15, 0.2) is 0 Å². The summed E-state index contributed by atoms with van der Waals surface area (Å²) in [5, 5.41) is 0. The van der Waals surface area contributed by atoms with Crippen molar-refractivity contribution in [1.29, 1.82) is 0 Å². The van der Waals surface area contributed by atoms with Crippen LogP contribution in [0.1, 0.15) is 70.6 Å². The SMILES string of the molecule is FC1CCC(N2CCN(C3CCC4CCCCC4C3)CC2)CC1. The lowest BCUT2D eigenvalue weighted by Gasteiger charge is -2.47. The molecule has 3 aliphatic carbocycles. The van der Waals surface area contributed by atoms with Crippen LogP contribution in [0.3, 0.4) is 0 Å². The van der Waals surface area contributed by atoms with Crippen LogP contribution in [-0.2, 0) is 0 Å². The van der Waals surface area contributed by atoms with E-state index in [-0.39, 0.29) is 0 Å². The first-order valence-corrected chi connectivity index (χ1v) is 10.4. The second-order valence-corrected chi connectivity index (χ2v) is 8.75. The van der Waals surface area contributed by atoms with E-state index in [2.05, 4.69) is 9.80 Å². The Hall–Kier alpha value is -0.150. The summed E-state index contributed by atoms with van der Waals surface area (Å²) < 4.78 is 13.3. The third kappa shape index (κ3) is 3.76. The van der Waals surface area contributed by atoms with E-state index in [9.17, 15) is 4.39 Å². The Labute approximate surface area is 141 Å². The molecule has 0 aromatic carbocycles. The molecule has 0 aromatic rings. The molecular formula is C20H35FN2. The van der Waals surface area contributed by atoms with Gasteiger partial charge in [-0.05, 0) is 56.8 Å². The van der Waals surface area contributed by atoms with E-state index in [0.717, 1.165) is 43.6 Å². The van der Waals surface area contributed by atoms with Gasteiger partial charge in [-0.25, -0.2) is 4.39 Å². The Morgan fingerprint density at radius 2 is 1.13 bits per heavy atom. The molecule has 0 amide bonds. The summed E-state index contributed by atoms with van der Waals surface area (Å²) in [6.45, 7) is 4.98. The molecule has 4 rings (SSSR count). The standard InChI is InChI=1S/C20H35FN2/c21-18-6-9-19(10-7-18)22-11-13-23(14-12-22)20-8-5-16-3-1-2-4-17(16)15-20/h16-20H,1-15H2. The van der Waals surface area contributed by atoms with Gasteiger partial charge < -0.3 is 0 Å². The average Bonchev–Trinajstić information content (AvgIpc) is 2.62. The molecule has 0 aromatic heterocycles. The van der Waals surface area contributed by atoms with Crippen molar-refractivity contribution < 1.29 is 4.39 Å². The van der Waals surface area contributed by atoms with Gasteiger partial charge in [0.15, 0.2) is 0 Å². The molecule has 23 heavy (non-hydrogen) atoms. The molecule has 3 heteroatoms. The summed E-state index contributed by atoms with van der Waals surface area (Å²) in [6, 6.07) is 1.55. The molecule has 4 fully saturated rings. The quantitative estimate of drug-likeness (QED) is 0.750. The summed E-state index contributed by atoms with van der Waals surface area (Å²) in [6.07, 6.45) is 13.7. The molecule has 1 aliphatic heterocycles. The zero-order valence-electron chi connectivity index (χ0n) is 14.8. The predicted octanol–water partition coefficient (Wildman–Crippen LogP) is 4.24. The van der Waals surface area contributed by atoms with Gasteiger partial charge in [0.1, 0.15) is 6.17 Å². The third-order valence-electron chi connectivity index (χ3n) is 7.52. The van der Waals surface area contributed by atoms with E-state index < -0.39 is 6.17 Å². The normalized spacial score (nSPS) is 44.0. The van der Waals surface area contributed by atoms with Gasteiger partial charge in [0.2, 0.25) is 0 Å². The first-order chi connectivity index (χ1) is 11.3. The molecule has 3 saturated carbocycles. The van der Waals surface area contributed by atoms with E-state index in [1.165, 1.54) is 71.1 Å². The van der Waals surface area contributed by atoms with E-state index in [4.69, 9.17) is 0 Å². The number of alkyl halides is 1. The zero-order valence-corrected chi connectivity index (χ0v) is 14.8. The van der Waals surface area contributed by atoms with Gasteiger partial charge in [0.25, 0.3) is 0 Å². The van der Waals surface area contributed by atoms with E-state index >= 15 is 0 Å². The van der Waals surface area contributed by atoms with Gasteiger partial charge in [0.05, 0.1) is 0 Å². The molecule has 0 N–H and O–H groups in total. The molecule has 1 saturated heterocycles. The lowest BCUT2D eigenvalue weighted by atomic mass is 9.69. The Balaban J connectivity index is 1.25. The Morgan fingerprint density at radius 3 is 1.83 bits per heavy atom. The largest absolute Gasteiger partial charge is 0.298 e. The van der Waals surface area contributed by atoms with Crippen molar-refractivity contribution >= 4 is 0 Å². The van der Waals surface area contributed by atoms with Gasteiger partial charge in [0, 0.05) is 38.3 Å². The van der Waals surface area contributed by atoms with Crippen LogP contribution in [0.5, 0.6) is 0 Å². The predicted molar refractivity (Wildman–Crippen MR) is 93.4 cm³/mol. The van der Waals surface area contributed by atoms with E-state index in [1.807, 2.05) is 0 Å². The molecule has 132 valence electrons. The van der Waals surface area contributed by atoms with Crippen molar-refractivity contribution in [3.63, 3.8) is 0 Å². The highest BCUT2D eigenvalue weighted by Crippen LogP contribution is 2.42. The van der Waals surface area contributed by atoms with Crippen molar-refractivity contribution in [2.75, 3.05) is 26.2 Å². The molecule has 0 bridgehead atoms. The van der Waals surface area contributed by atoms with Gasteiger partial charge in [-0.3, -0.25) is 9.80 Å². The maximum Gasteiger partial charge on any atom is 0.100 e. The van der Waals surface area contributed by atoms with E-state index in [0.29, 0.717) is 6.04 Å². The Morgan fingerprint density at radius 1 is 0.565 bits per heavy atom. The average molecular weight is 323 g/mol. The smallest absolute Gasteiger partial charge is 0.100 e. The first-order valence-electron chi connectivity index (χ1n) is 10.4. The van der Waals surface area contributed by atoms with Crippen LogP contribution in [-0.4, -0.2) is 54.2 Å². The third-order valence-corrected chi connectivity index (χ3v) is 7.52. The van der Waals surface area contributed by atoms with Crippen LogP contribution in [0.2, 0.25) is 0 Å². The highest BCUT2D eigenvalue weighted by molar-refractivity contribution is 4.90. The Bertz CT molecular complexity index is 372. The van der Waals surface area contributed by atoms with Crippen molar-refractivity contribution in [2.45, 2.75) is 88.9 Å². The fourth-order valence-corrected chi connectivity index (χ4v) is 6.05. The van der Waals surface area contributed by atoms with Crippen molar-refractivity contribution in [1.82, 2.24) is 9.80 Å². The molecule has 0 spiro atoms. The van der Waals surface area contributed by atoms with Crippen LogP contribution < -0.4 is 0 Å². The fourth-order valence-electron chi connectivity index (χ4n) is 6.05. The number of piperazine rings is 1. The first kappa shape index (κ1) is 16.3. The highest BCUT2D eigenvalue weighted by Gasteiger charge is 2.36. The number of halogens is 1. The minimum Gasteiger partial charge on any atom is -0.298 e. The van der Waals surface area contributed by atoms with Gasteiger partial charge >= 0.3 is 0 Å². The fraction of sp³-hybridized carbons (Fsp3) is 1.00. The molecule has 4 aliphatic rings. The number of fused-ring (bicyclic) bond motifs is 1. The summed E-state index contributed by atoms with van der Waals surface area (Å²) in [4.78, 5) is 5.48. The van der Waals surface area contributed by atoms with Crippen molar-refractivity contribution in [3.05, 3.63) is 0 Å². The summed E-state index contributed by atoms with van der Waals surface area (Å²) in [5.74, 6) is 2.11. The summed E-state index contributed by atoms with van der Waals surface area (Å²) in [5.41, 5.74) is 0. The number of hydrogen-bond acceptors (Lipinski definition) is 2. The molecule has 1 heterocycles. The van der Waals surface area contributed by atoms with Crippen LogP contribution in [0.4, 0.5) is 4.39 Å². The lowest BCUT2D eigenvalue weighted by molar-refractivity contribution is 0.0169. The molecule has 2 nitrogen and oxygen atoms in total. The zero-order chi connectivity index (χ0) is 15.6. The van der Waals surface area contributed by atoms with Crippen molar-refractivity contribution in [2.24, 2.45) is 11.8 Å². The van der Waals surface area contributed by atoms with Gasteiger partial charge in [-0.1, -0.05) is 25.7 Å². The molecule has 3 unspecified atom stereocenters. The summed E-state index contributed by atoms with van der Waals surface area (Å²) >= 11 is 0. The minimum atomic E-state index is -0.516. The van der Waals surface area contributed by atoms with E-state index in [1.54, 1.807) is 0 Å². The molecule has 0 radical (unpaired) electrons. The lowest BCUT2D eigenvalue weighted by Crippen LogP contribution is -2.55. The second kappa shape index (κ2) is 7.39. The van der Waals surface area contributed by atoms with Gasteiger partial charge in [-0.15, -0.1) is 0 Å². The minimum absolute atomic E-state index is 0.516. The molecule has 3 atom stereocenters. The topological polar surface area (TPSA) is 6.48 Å². The maximum absolute atomic E-state index is 13.3. The molecular weight excluding hydrogens is 287 g/mol. The second-order valence-electron chi connectivity index (χ2n) is 8.75. The van der Waals surface area contributed by atoms with Crippen LogP contribution in [0, 0.1) is 11.8 Å². The number of nitrogens with zero attached hydrogens (tertiary/aromatic N) is 2. The number of hydrogen-bond donors (Lipinski definition) is 0. The van der Waals surface area contributed by atoms with Crippen LogP contribution >= 0.6 is 0 Å². The summed E-state index contributed by atoms with van der Waals surface area (Å²) in [7, 11) is 0. The highest BCUT2D eigenvalue weighted by atomic mass is 19.1. The van der Waals surface area contributed by atoms with Gasteiger partial charge in [-0.2, -0.15) is 0 Å². The maximum atomic E-state index is 13.3. The number of rotatable bonds is 2. The monoisotopic (exact) mass is 322 g/mol. The Kier molecular flexibility index (Phi) is 5.25. The van der Waals surface area contributed by atoms with Crippen LogP contribution in [0.25, 0.3) is 0 Å². The van der Waals surface area contributed by atoms with Crippen molar-refractivity contribution in [3.8, 4) is 0 Å².